The minimum Gasteiger partial charge on any atom is -0.481 e. The van der Waals surface area contributed by atoms with E-state index in [0.717, 1.165) is 40.8 Å². The van der Waals surface area contributed by atoms with Gasteiger partial charge in [-0.15, -0.1) is 0 Å². The first-order valence-electron chi connectivity index (χ1n) is 13.1. The van der Waals surface area contributed by atoms with E-state index in [1.54, 1.807) is 0 Å². The number of hydrogen-bond acceptors (Lipinski definition) is 5. The van der Waals surface area contributed by atoms with Gasteiger partial charge in [-0.2, -0.15) is 0 Å². The molecule has 0 saturated carbocycles. The molecule has 3 N–H and O–H groups in total. The molecule has 0 bridgehead atoms. The number of aliphatic hydroxyl groups is 1. The van der Waals surface area contributed by atoms with Gasteiger partial charge in [0.05, 0.1) is 17.5 Å². The number of likely N-dealkylation sites (N-methyl/N-ethyl adjacent to an activating group) is 1. The van der Waals surface area contributed by atoms with Crippen LogP contribution in [0.1, 0.15) is 37.0 Å². The Hall–Kier alpha value is -2.35. The Labute approximate surface area is 235 Å². The number of rotatable bonds is 12. The van der Waals surface area contributed by atoms with Crippen LogP contribution in [-0.4, -0.2) is 52.3 Å². The molecule has 7 heteroatoms. The Morgan fingerprint density at radius 2 is 1.71 bits per heavy atom. The number of hydrogen-bond donors (Lipinski definition) is 3. The summed E-state index contributed by atoms with van der Waals surface area (Å²) in [6.07, 6.45) is 2.85. The van der Waals surface area contributed by atoms with E-state index in [2.05, 4.69) is 43.4 Å². The Kier molecular flexibility index (Phi) is 9.55. The van der Waals surface area contributed by atoms with Crippen molar-refractivity contribution >= 4 is 29.5 Å². The lowest BCUT2D eigenvalue weighted by Gasteiger charge is -2.31. The summed E-state index contributed by atoms with van der Waals surface area (Å²) in [5, 5.41) is 23.9. The Morgan fingerprint density at radius 1 is 1.08 bits per heavy atom. The standard InChI is InChI=1S/C31H37ClN2O3S/c1-31(2,18-22-14-24-6-4-5-7-25(24)15-22)33-19-27(35)20-34(3)38-29-13-12-26(17-28(29)32)23-10-8-21(9-11-23)16-30(36)37/h4-13,17,22,27,33,35H,14-16,18-20H2,1-3H3,(H,36,37)/t27-/m1/s1. The highest BCUT2D eigenvalue weighted by Gasteiger charge is 2.28. The summed E-state index contributed by atoms with van der Waals surface area (Å²) in [6.45, 7) is 5.48. The zero-order chi connectivity index (χ0) is 27.3. The Bertz CT molecular complexity index is 1220. The molecule has 0 heterocycles. The third-order valence-electron chi connectivity index (χ3n) is 7.05. The summed E-state index contributed by atoms with van der Waals surface area (Å²) in [6, 6.07) is 22.1. The van der Waals surface area contributed by atoms with E-state index in [9.17, 15) is 9.90 Å². The second kappa shape index (κ2) is 12.7. The van der Waals surface area contributed by atoms with E-state index < -0.39 is 12.1 Å². The molecule has 0 spiro atoms. The van der Waals surface area contributed by atoms with Crippen LogP contribution in [-0.2, 0) is 24.1 Å². The number of carboxylic acids is 1. The van der Waals surface area contributed by atoms with Crippen molar-refractivity contribution in [2.24, 2.45) is 5.92 Å². The maximum atomic E-state index is 10.9. The van der Waals surface area contributed by atoms with Crippen molar-refractivity contribution in [2.75, 3.05) is 20.1 Å². The molecule has 4 rings (SSSR count). The Morgan fingerprint density at radius 3 is 2.32 bits per heavy atom. The summed E-state index contributed by atoms with van der Waals surface area (Å²) >= 11 is 8.11. The molecule has 202 valence electrons. The van der Waals surface area contributed by atoms with Crippen LogP contribution in [0.5, 0.6) is 0 Å². The summed E-state index contributed by atoms with van der Waals surface area (Å²) in [5.41, 5.74) is 5.63. The van der Waals surface area contributed by atoms with Crippen LogP contribution in [0.25, 0.3) is 11.1 Å². The number of fused-ring (bicyclic) bond motifs is 1. The fraction of sp³-hybridized carbons (Fsp3) is 0.387. The number of aliphatic hydroxyl groups excluding tert-OH is 1. The van der Waals surface area contributed by atoms with Crippen LogP contribution >= 0.6 is 23.5 Å². The lowest BCUT2D eigenvalue weighted by atomic mass is 9.88. The van der Waals surface area contributed by atoms with Crippen molar-refractivity contribution in [3.63, 3.8) is 0 Å². The normalized spacial score (nSPS) is 14.6. The fourth-order valence-electron chi connectivity index (χ4n) is 5.29. The minimum absolute atomic E-state index is 0.0110. The molecule has 0 unspecified atom stereocenters. The summed E-state index contributed by atoms with van der Waals surface area (Å²) in [4.78, 5) is 11.8. The van der Waals surface area contributed by atoms with E-state index in [1.165, 1.54) is 23.1 Å². The fourth-order valence-corrected chi connectivity index (χ4v) is 6.43. The largest absolute Gasteiger partial charge is 0.481 e. The summed E-state index contributed by atoms with van der Waals surface area (Å²) in [7, 11) is 1.96. The molecule has 3 aromatic carbocycles. The molecule has 0 fully saturated rings. The molecule has 5 nitrogen and oxygen atoms in total. The number of nitrogens with one attached hydrogen (secondary N) is 1. The van der Waals surface area contributed by atoms with Crippen molar-refractivity contribution in [3.8, 4) is 11.1 Å². The maximum absolute atomic E-state index is 10.9. The van der Waals surface area contributed by atoms with Gasteiger partial charge in [-0.3, -0.25) is 4.79 Å². The smallest absolute Gasteiger partial charge is 0.307 e. The monoisotopic (exact) mass is 552 g/mol. The predicted molar refractivity (Wildman–Crippen MR) is 157 cm³/mol. The lowest BCUT2D eigenvalue weighted by molar-refractivity contribution is -0.136. The number of β-amino-alcohol motifs (C(OH)–C–C–N with tert-alkyl or cyclic N) is 1. The van der Waals surface area contributed by atoms with E-state index in [1.807, 2.05) is 53.8 Å². The van der Waals surface area contributed by atoms with Gasteiger partial charge >= 0.3 is 5.97 Å². The van der Waals surface area contributed by atoms with E-state index in [4.69, 9.17) is 16.7 Å². The highest BCUT2D eigenvalue weighted by molar-refractivity contribution is 7.97. The Balaban J connectivity index is 1.24. The number of carbonyl (C=O) groups is 1. The molecule has 1 atom stereocenters. The quantitative estimate of drug-likeness (QED) is 0.236. The molecule has 3 aromatic rings. The number of benzene rings is 3. The van der Waals surface area contributed by atoms with Gasteiger partial charge in [0, 0.05) is 23.5 Å². The first-order chi connectivity index (χ1) is 18.1. The third kappa shape index (κ3) is 8.08. The number of nitrogens with zero attached hydrogens (tertiary/aromatic N) is 1. The van der Waals surface area contributed by atoms with E-state index >= 15 is 0 Å². The van der Waals surface area contributed by atoms with Gasteiger partial charge in [0.15, 0.2) is 0 Å². The predicted octanol–water partition coefficient (Wildman–Crippen LogP) is 6.11. The van der Waals surface area contributed by atoms with Crippen molar-refractivity contribution in [1.82, 2.24) is 9.62 Å². The van der Waals surface area contributed by atoms with Crippen LogP contribution in [0, 0.1) is 5.92 Å². The second-order valence-corrected chi connectivity index (χ2v) is 12.6. The van der Waals surface area contributed by atoms with Crippen LogP contribution in [0.15, 0.2) is 71.6 Å². The SMILES string of the molecule is CN(C[C@H](O)CNC(C)(C)CC1Cc2ccccc2C1)Sc1ccc(-c2ccc(CC(=O)O)cc2)cc1Cl. The van der Waals surface area contributed by atoms with Gasteiger partial charge in [0.2, 0.25) is 0 Å². The number of carboxylic acid groups (broad SMARTS) is 1. The molecule has 0 amide bonds. The van der Waals surface area contributed by atoms with Crippen LogP contribution in [0.3, 0.4) is 0 Å². The molecular formula is C31H37ClN2O3S. The minimum atomic E-state index is -0.841. The van der Waals surface area contributed by atoms with Crippen molar-refractivity contribution in [3.05, 3.63) is 88.4 Å². The average Bonchev–Trinajstić information content (AvgIpc) is 3.26. The first-order valence-corrected chi connectivity index (χ1v) is 14.2. The summed E-state index contributed by atoms with van der Waals surface area (Å²) in [5.74, 6) is -0.204. The molecule has 0 radical (unpaired) electrons. The van der Waals surface area contributed by atoms with Crippen LogP contribution in [0.4, 0.5) is 0 Å². The lowest BCUT2D eigenvalue weighted by Crippen LogP contribution is -2.46. The average molecular weight is 553 g/mol. The van der Waals surface area contributed by atoms with Crippen LogP contribution in [0.2, 0.25) is 5.02 Å². The van der Waals surface area contributed by atoms with Crippen molar-refractivity contribution < 1.29 is 15.0 Å². The zero-order valence-electron chi connectivity index (χ0n) is 22.3. The van der Waals surface area contributed by atoms with Crippen molar-refractivity contribution in [1.29, 1.82) is 0 Å². The van der Waals surface area contributed by atoms with E-state index in [0.29, 0.717) is 24.0 Å². The van der Waals surface area contributed by atoms with Gasteiger partial charge in [-0.1, -0.05) is 66.2 Å². The highest BCUT2D eigenvalue weighted by Crippen LogP contribution is 2.34. The van der Waals surface area contributed by atoms with Gasteiger partial charge in [0.1, 0.15) is 0 Å². The zero-order valence-corrected chi connectivity index (χ0v) is 23.9. The third-order valence-corrected chi connectivity index (χ3v) is 8.49. The maximum Gasteiger partial charge on any atom is 0.307 e. The molecule has 1 aliphatic carbocycles. The van der Waals surface area contributed by atoms with E-state index in [-0.39, 0.29) is 12.0 Å². The van der Waals surface area contributed by atoms with Gasteiger partial charge < -0.3 is 15.5 Å². The molecular weight excluding hydrogens is 516 g/mol. The molecule has 38 heavy (non-hydrogen) atoms. The van der Waals surface area contributed by atoms with Gasteiger partial charge in [0.25, 0.3) is 0 Å². The van der Waals surface area contributed by atoms with Crippen molar-refractivity contribution in [2.45, 2.75) is 56.1 Å². The second-order valence-electron chi connectivity index (χ2n) is 11.0. The molecule has 1 aliphatic rings. The number of halogens is 1. The van der Waals surface area contributed by atoms with Crippen LogP contribution < -0.4 is 5.32 Å². The first kappa shape index (κ1) is 28.7. The topological polar surface area (TPSA) is 72.8 Å². The number of aliphatic carboxylic acids is 1. The molecule has 0 aliphatic heterocycles. The van der Waals surface area contributed by atoms with Gasteiger partial charge in [-0.25, -0.2) is 4.31 Å². The summed E-state index contributed by atoms with van der Waals surface area (Å²) < 4.78 is 2.01. The molecule has 0 saturated heterocycles. The highest BCUT2D eigenvalue weighted by atomic mass is 35.5. The van der Waals surface area contributed by atoms with Gasteiger partial charge in [-0.05, 0) is 98.0 Å². The molecule has 0 aromatic heterocycles.